The van der Waals surface area contributed by atoms with E-state index in [2.05, 4.69) is 15.5 Å². The van der Waals surface area contributed by atoms with Crippen LogP contribution in [0.3, 0.4) is 0 Å². The zero-order valence-electron chi connectivity index (χ0n) is 10.8. The van der Waals surface area contributed by atoms with Gasteiger partial charge in [-0.3, -0.25) is 9.78 Å². The minimum absolute atomic E-state index is 0. The summed E-state index contributed by atoms with van der Waals surface area (Å²) in [5.74, 6) is 1.08. The van der Waals surface area contributed by atoms with Crippen molar-refractivity contribution in [3.8, 4) is 11.1 Å². The maximum absolute atomic E-state index is 11.9. The summed E-state index contributed by atoms with van der Waals surface area (Å²) in [4.78, 5) is 16.0. The van der Waals surface area contributed by atoms with Crippen molar-refractivity contribution < 1.29 is 4.52 Å². The number of pyridine rings is 1. The summed E-state index contributed by atoms with van der Waals surface area (Å²) >= 11 is 0. The van der Waals surface area contributed by atoms with Gasteiger partial charge in [0.05, 0.1) is 5.56 Å². The standard InChI is InChI=1S/C13H15N3O2.2BrH/c17-13-11(10-2-1-5-15-8-10)12(18-16-13)9-3-6-14-7-4-9;;/h1-2,5,8-9,14H,3-4,6-7H2,(H,16,17);2*1H. The molecule has 110 valence electrons. The van der Waals surface area contributed by atoms with Crippen molar-refractivity contribution in [3.05, 3.63) is 40.6 Å². The monoisotopic (exact) mass is 405 g/mol. The van der Waals surface area contributed by atoms with E-state index in [0.717, 1.165) is 37.3 Å². The quantitative estimate of drug-likeness (QED) is 0.804. The third-order valence-corrected chi connectivity index (χ3v) is 3.39. The normalized spacial score (nSPS) is 15.2. The molecule has 0 spiro atoms. The fraction of sp³-hybridized carbons (Fsp3) is 0.385. The highest BCUT2D eigenvalue weighted by atomic mass is 79.9. The van der Waals surface area contributed by atoms with Crippen molar-refractivity contribution in [2.75, 3.05) is 13.1 Å². The highest BCUT2D eigenvalue weighted by Gasteiger charge is 2.25. The summed E-state index contributed by atoms with van der Waals surface area (Å²) in [6.45, 7) is 1.93. The largest absolute Gasteiger partial charge is 0.383 e. The zero-order valence-corrected chi connectivity index (χ0v) is 14.2. The van der Waals surface area contributed by atoms with E-state index >= 15 is 0 Å². The van der Waals surface area contributed by atoms with Crippen molar-refractivity contribution in [2.45, 2.75) is 18.8 Å². The number of hydrogen-bond donors (Lipinski definition) is 2. The smallest absolute Gasteiger partial charge is 0.288 e. The average molecular weight is 407 g/mol. The van der Waals surface area contributed by atoms with Gasteiger partial charge in [-0.25, -0.2) is 0 Å². The van der Waals surface area contributed by atoms with Crippen LogP contribution >= 0.6 is 34.0 Å². The van der Waals surface area contributed by atoms with Gasteiger partial charge in [0.25, 0.3) is 5.56 Å². The van der Waals surface area contributed by atoms with E-state index in [1.54, 1.807) is 12.4 Å². The Hall–Kier alpha value is -0.920. The van der Waals surface area contributed by atoms with Crippen LogP contribution in [0.25, 0.3) is 11.1 Å². The van der Waals surface area contributed by atoms with E-state index in [-0.39, 0.29) is 39.5 Å². The maximum atomic E-state index is 11.9. The Balaban J connectivity index is 0.000001000. The van der Waals surface area contributed by atoms with Gasteiger partial charge < -0.3 is 9.84 Å². The number of nitrogens with zero attached hydrogens (tertiary/aromatic N) is 1. The SMILES string of the molecule is Br.Br.O=c1[nH]oc(C2CCNCC2)c1-c1cccnc1. The van der Waals surface area contributed by atoms with Gasteiger partial charge in [0.1, 0.15) is 5.76 Å². The van der Waals surface area contributed by atoms with Crippen LogP contribution in [0.4, 0.5) is 0 Å². The van der Waals surface area contributed by atoms with Gasteiger partial charge >= 0.3 is 0 Å². The highest BCUT2D eigenvalue weighted by molar-refractivity contribution is 8.93. The third kappa shape index (κ3) is 3.39. The van der Waals surface area contributed by atoms with Crippen molar-refractivity contribution in [3.63, 3.8) is 0 Å². The summed E-state index contributed by atoms with van der Waals surface area (Å²) in [5.41, 5.74) is 1.28. The van der Waals surface area contributed by atoms with Crippen LogP contribution in [0.5, 0.6) is 0 Å². The molecule has 0 aliphatic carbocycles. The molecule has 0 saturated carbocycles. The fourth-order valence-corrected chi connectivity index (χ4v) is 2.47. The zero-order chi connectivity index (χ0) is 12.4. The topological polar surface area (TPSA) is 70.9 Å². The molecular formula is C13H17Br2N3O2. The number of hydrogen-bond acceptors (Lipinski definition) is 4. The van der Waals surface area contributed by atoms with Crippen LogP contribution in [0.15, 0.2) is 33.8 Å². The van der Waals surface area contributed by atoms with Crippen molar-refractivity contribution in [1.82, 2.24) is 15.5 Å². The summed E-state index contributed by atoms with van der Waals surface area (Å²) in [6, 6.07) is 3.71. The molecule has 20 heavy (non-hydrogen) atoms. The number of nitrogens with one attached hydrogen (secondary N) is 2. The molecule has 0 unspecified atom stereocenters. The fourth-order valence-electron chi connectivity index (χ4n) is 2.47. The summed E-state index contributed by atoms with van der Waals surface area (Å²) < 4.78 is 5.40. The number of piperidine rings is 1. The molecule has 1 saturated heterocycles. The molecule has 7 heteroatoms. The van der Waals surface area contributed by atoms with E-state index in [1.807, 2.05) is 12.1 Å². The molecule has 1 aliphatic heterocycles. The van der Waals surface area contributed by atoms with Crippen molar-refractivity contribution in [2.24, 2.45) is 0 Å². The molecule has 3 rings (SSSR count). The Kier molecular flexibility index (Phi) is 6.64. The molecule has 2 aromatic rings. The summed E-state index contributed by atoms with van der Waals surface area (Å²) in [7, 11) is 0. The highest BCUT2D eigenvalue weighted by Crippen LogP contribution is 2.31. The molecule has 2 aromatic heterocycles. The molecule has 0 aromatic carbocycles. The van der Waals surface area contributed by atoms with Crippen LogP contribution in [-0.2, 0) is 0 Å². The van der Waals surface area contributed by atoms with E-state index < -0.39 is 0 Å². The lowest BCUT2D eigenvalue weighted by Gasteiger charge is -2.20. The predicted octanol–water partition coefficient (Wildman–Crippen LogP) is 2.65. The van der Waals surface area contributed by atoms with E-state index in [4.69, 9.17) is 4.52 Å². The number of halogens is 2. The van der Waals surface area contributed by atoms with Gasteiger partial charge in [0.2, 0.25) is 0 Å². The second kappa shape index (κ2) is 7.75. The molecule has 1 aliphatic rings. The molecule has 0 amide bonds. The molecular weight excluding hydrogens is 390 g/mol. The first kappa shape index (κ1) is 17.1. The predicted molar refractivity (Wildman–Crippen MR) is 88.0 cm³/mol. The minimum atomic E-state index is -0.170. The second-order valence-corrected chi connectivity index (χ2v) is 4.54. The lowest BCUT2D eigenvalue weighted by molar-refractivity contribution is 0.326. The molecule has 2 N–H and O–H groups in total. The molecule has 1 fully saturated rings. The van der Waals surface area contributed by atoms with Crippen molar-refractivity contribution in [1.29, 1.82) is 0 Å². The lowest BCUT2D eigenvalue weighted by Crippen LogP contribution is -2.26. The first-order valence-corrected chi connectivity index (χ1v) is 6.19. The Labute approximate surface area is 137 Å². The average Bonchev–Trinajstić information content (AvgIpc) is 2.83. The molecule has 0 bridgehead atoms. The minimum Gasteiger partial charge on any atom is -0.383 e. The Morgan fingerprint density at radius 3 is 2.65 bits per heavy atom. The lowest BCUT2D eigenvalue weighted by atomic mass is 9.91. The first-order chi connectivity index (χ1) is 8.86. The van der Waals surface area contributed by atoms with Gasteiger partial charge in [0.15, 0.2) is 0 Å². The van der Waals surface area contributed by atoms with Crippen LogP contribution in [0.2, 0.25) is 0 Å². The summed E-state index contributed by atoms with van der Waals surface area (Å²) in [5, 5.41) is 5.76. The molecule has 0 radical (unpaired) electrons. The molecule has 3 heterocycles. The van der Waals surface area contributed by atoms with E-state index in [9.17, 15) is 4.79 Å². The number of H-pyrrole nitrogens is 1. The maximum Gasteiger partial charge on any atom is 0.288 e. The first-order valence-electron chi connectivity index (χ1n) is 6.19. The van der Waals surface area contributed by atoms with Gasteiger partial charge in [-0.15, -0.1) is 34.0 Å². The van der Waals surface area contributed by atoms with Gasteiger partial charge in [0, 0.05) is 23.9 Å². The van der Waals surface area contributed by atoms with Crippen molar-refractivity contribution >= 4 is 34.0 Å². The van der Waals surface area contributed by atoms with Gasteiger partial charge in [-0.05, 0) is 32.0 Å². The number of aromatic amines is 1. The molecule has 0 atom stereocenters. The van der Waals surface area contributed by atoms with Gasteiger partial charge in [-0.2, -0.15) is 5.16 Å². The molecule has 5 nitrogen and oxygen atoms in total. The van der Waals surface area contributed by atoms with Crippen LogP contribution in [-0.4, -0.2) is 23.2 Å². The Morgan fingerprint density at radius 2 is 2.00 bits per heavy atom. The van der Waals surface area contributed by atoms with Crippen LogP contribution in [0, 0.1) is 0 Å². The van der Waals surface area contributed by atoms with Crippen LogP contribution in [0.1, 0.15) is 24.5 Å². The third-order valence-electron chi connectivity index (χ3n) is 3.39. The van der Waals surface area contributed by atoms with E-state index in [1.165, 1.54) is 0 Å². The number of rotatable bonds is 2. The van der Waals surface area contributed by atoms with Crippen LogP contribution < -0.4 is 10.9 Å². The Morgan fingerprint density at radius 1 is 1.25 bits per heavy atom. The van der Waals surface area contributed by atoms with E-state index in [0.29, 0.717) is 11.5 Å². The summed E-state index contributed by atoms with van der Waals surface area (Å²) in [6.07, 6.45) is 5.38. The second-order valence-electron chi connectivity index (χ2n) is 4.54. The Bertz CT molecular complexity index is 577. The van der Waals surface area contributed by atoms with Gasteiger partial charge in [-0.1, -0.05) is 6.07 Å². The number of aromatic nitrogens is 2.